The van der Waals surface area contributed by atoms with E-state index in [2.05, 4.69) is 5.48 Å². The van der Waals surface area contributed by atoms with E-state index in [1.165, 1.54) is 25.3 Å². The molecular formula is C17H26N2O3. The quantitative estimate of drug-likeness (QED) is 0.641. The molecule has 0 radical (unpaired) electrons. The first-order valence-corrected chi connectivity index (χ1v) is 8.05. The van der Waals surface area contributed by atoms with E-state index in [1.807, 2.05) is 26.8 Å². The lowest BCUT2D eigenvalue weighted by atomic mass is 9.81. The van der Waals surface area contributed by atoms with Crippen LogP contribution in [0.25, 0.3) is 0 Å². The summed E-state index contributed by atoms with van der Waals surface area (Å²) < 4.78 is 0. The molecule has 0 aliphatic heterocycles. The average Bonchev–Trinajstić information content (AvgIpc) is 2.48. The van der Waals surface area contributed by atoms with E-state index in [9.17, 15) is 10.1 Å². The van der Waals surface area contributed by atoms with Crippen molar-refractivity contribution in [2.24, 2.45) is 5.92 Å². The van der Waals surface area contributed by atoms with Gasteiger partial charge in [0.15, 0.2) is 0 Å². The Hall–Kier alpha value is -1.46. The Balaban J connectivity index is 2.22. The minimum Gasteiger partial charge on any atom is -0.295 e. The predicted octanol–water partition coefficient (Wildman–Crippen LogP) is 4.54. The second kappa shape index (κ2) is 7.20. The molecule has 1 atom stereocenters. The zero-order valence-electron chi connectivity index (χ0n) is 13.7. The Morgan fingerprint density at radius 1 is 1.27 bits per heavy atom. The molecule has 0 bridgehead atoms. The third-order valence-electron chi connectivity index (χ3n) is 4.05. The number of nitro groups is 1. The molecule has 1 N–H and O–H groups in total. The largest absolute Gasteiger partial charge is 0.295 e. The molecule has 1 aliphatic rings. The lowest BCUT2D eigenvalue weighted by Gasteiger charge is -2.33. The van der Waals surface area contributed by atoms with Crippen LogP contribution in [0.4, 0.5) is 5.69 Å². The van der Waals surface area contributed by atoms with Gasteiger partial charge in [-0.2, -0.15) is 5.48 Å². The Kier molecular flexibility index (Phi) is 5.53. The van der Waals surface area contributed by atoms with Crippen LogP contribution in [0, 0.1) is 16.0 Å². The summed E-state index contributed by atoms with van der Waals surface area (Å²) >= 11 is 0. The summed E-state index contributed by atoms with van der Waals surface area (Å²) in [7, 11) is 0. The average molecular weight is 306 g/mol. The van der Waals surface area contributed by atoms with E-state index in [-0.39, 0.29) is 22.3 Å². The summed E-state index contributed by atoms with van der Waals surface area (Å²) in [5, 5.41) is 11.0. The van der Waals surface area contributed by atoms with Crippen molar-refractivity contribution >= 4 is 5.69 Å². The molecule has 0 amide bonds. The maximum atomic E-state index is 11.0. The molecule has 0 unspecified atom stereocenters. The molecule has 0 heterocycles. The van der Waals surface area contributed by atoms with E-state index < -0.39 is 0 Å². The fourth-order valence-corrected chi connectivity index (χ4v) is 2.98. The van der Waals surface area contributed by atoms with Crippen molar-refractivity contribution in [1.82, 2.24) is 5.48 Å². The highest BCUT2D eigenvalue weighted by atomic mass is 16.7. The van der Waals surface area contributed by atoms with E-state index in [1.54, 1.807) is 12.1 Å². The van der Waals surface area contributed by atoms with Crippen LogP contribution in [0.1, 0.15) is 64.5 Å². The SMILES string of the molecule is CC(C)(C)ON[C@@H](c1cccc([N+](=O)[O-])c1)C1CCCCC1. The normalized spacial score (nSPS) is 18.1. The van der Waals surface area contributed by atoms with Crippen molar-refractivity contribution in [3.63, 3.8) is 0 Å². The first-order valence-electron chi connectivity index (χ1n) is 8.05. The molecule has 1 aromatic rings. The van der Waals surface area contributed by atoms with Crippen molar-refractivity contribution in [2.45, 2.75) is 64.5 Å². The fraction of sp³-hybridized carbons (Fsp3) is 0.647. The smallest absolute Gasteiger partial charge is 0.269 e. The predicted molar refractivity (Wildman–Crippen MR) is 86.4 cm³/mol. The molecule has 1 aromatic carbocycles. The van der Waals surface area contributed by atoms with Gasteiger partial charge in [0.2, 0.25) is 0 Å². The highest BCUT2D eigenvalue weighted by Gasteiger charge is 2.27. The van der Waals surface area contributed by atoms with Gasteiger partial charge in [-0.3, -0.25) is 15.0 Å². The minimum absolute atomic E-state index is 0.000532. The van der Waals surface area contributed by atoms with Gasteiger partial charge in [0.1, 0.15) is 0 Å². The number of nitrogens with one attached hydrogen (secondary N) is 1. The van der Waals surface area contributed by atoms with Gasteiger partial charge >= 0.3 is 0 Å². The third kappa shape index (κ3) is 4.78. The molecule has 2 rings (SSSR count). The van der Waals surface area contributed by atoms with Crippen LogP contribution in [0.3, 0.4) is 0 Å². The zero-order chi connectivity index (χ0) is 16.2. The van der Waals surface area contributed by atoms with Crippen molar-refractivity contribution < 1.29 is 9.76 Å². The first kappa shape index (κ1) is 16.9. The lowest BCUT2D eigenvalue weighted by Crippen LogP contribution is -2.36. The van der Waals surface area contributed by atoms with Crippen LogP contribution in [-0.2, 0) is 4.84 Å². The Bertz CT molecular complexity index is 505. The molecule has 122 valence electrons. The Morgan fingerprint density at radius 3 is 2.55 bits per heavy atom. The van der Waals surface area contributed by atoms with Crippen molar-refractivity contribution in [3.05, 3.63) is 39.9 Å². The number of hydrogen-bond acceptors (Lipinski definition) is 4. The molecular weight excluding hydrogens is 280 g/mol. The summed E-state index contributed by atoms with van der Waals surface area (Å²) in [6, 6.07) is 6.90. The topological polar surface area (TPSA) is 64.4 Å². The zero-order valence-corrected chi connectivity index (χ0v) is 13.7. The fourth-order valence-electron chi connectivity index (χ4n) is 2.98. The highest BCUT2D eigenvalue weighted by molar-refractivity contribution is 5.36. The first-order chi connectivity index (χ1) is 10.4. The monoisotopic (exact) mass is 306 g/mol. The molecule has 1 saturated carbocycles. The van der Waals surface area contributed by atoms with Crippen molar-refractivity contribution in [3.8, 4) is 0 Å². The number of nitrogens with zero attached hydrogens (tertiary/aromatic N) is 1. The van der Waals surface area contributed by atoms with Crippen molar-refractivity contribution in [2.75, 3.05) is 0 Å². The van der Waals surface area contributed by atoms with E-state index >= 15 is 0 Å². The Labute approximate surface area is 132 Å². The molecule has 5 nitrogen and oxygen atoms in total. The van der Waals surface area contributed by atoms with Gasteiger partial charge in [-0.25, -0.2) is 0 Å². The minimum atomic E-state index is -0.341. The summed E-state index contributed by atoms with van der Waals surface area (Å²) in [4.78, 5) is 16.5. The van der Waals surface area contributed by atoms with Crippen molar-refractivity contribution in [1.29, 1.82) is 0 Å². The van der Waals surface area contributed by atoms with E-state index in [0.717, 1.165) is 18.4 Å². The maximum Gasteiger partial charge on any atom is 0.269 e. The standard InChI is InChI=1S/C17H26N2O3/c1-17(2,3)22-18-16(13-8-5-4-6-9-13)14-10-7-11-15(12-14)19(20)21/h7,10-13,16,18H,4-6,8-9H2,1-3H3/t16-/m1/s1. The Morgan fingerprint density at radius 2 is 1.95 bits per heavy atom. The van der Waals surface area contributed by atoms with Crippen LogP contribution in [0.5, 0.6) is 0 Å². The summed E-state index contributed by atoms with van der Waals surface area (Å²) in [6.45, 7) is 5.97. The lowest BCUT2D eigenvalue weighted by molar-refractivity contribution is -0.385. The van der Waals surface area contributed by atoms with Crippen LogP contribution in [-0.4, -0.2) is 10.5 Å². The number of non-ortho nitro benzene ring substituents is 1. The molecule has 1 aliphatic carbocycles. The van der Waals surface area contributed by atoms with Gasteiger partial charge in [0, 0.05) is 12.1 Å². The van der Waals surface area contributed by atoms with Gasteiger partial charge in [0.05, 0.1) is 16.6 Å². The van der Waals surface area contributed by atoms with E-state index in [4.69, 9.17) is 4.84 Å². The number of hydroxylamine groups is 1. The molecule has 0 saturated heterocycles. The second-order valence-corrected chi connectivity index (χ2v) is 7.06. The van der Waals surface area contributed by atoms with Crippen LogP contribution in [0.2, 0.25) is 0 Å². The molecule has 0 aromatic heterocycles. The third-order valence-corrected chi connectivity index (χ3v) is 4.05. The number of hydrogen-bond donors (Lipinski definition) is 1. The van der Waals surface area contributed by atoms with E-state index in [0.29, 0.717) is 5.92 Å². The molecule has 0 spiro atoms. The summed E-state index contributed by atoms with van der Waals surface area (Å²) in [5.74, 6) is 0.457. The molecule has 5 heteroatoms. The van der Waals surface area contributed by atoms with Gasteiger partial charge in [-0.1, -0.05) is 31.4 Å². The van der Waals surface area contributed by atoms with Gasteiger partial charge in [-0.15, -0.1) is 0 Å². The van der Waals surface area contributed by atoms with Crippen LogP contribution >= 0.6 is 0 Å². The highest BCUT2D eigenvalue weighted by Crippen LogP contribution is 2.35. The van der Waals surface area contributed by atoms with Gasteiger partial charge in [0.25, 0.3) is 5.69 Å². The number of nitro benzene ring substituents is 1. The number of rotatable bonds is 5. The van der Waals surface area contributed by atoms with Gasteiger partial charge in [-0.05, 0) is 45.1 Å². The summed E-state index contributed by atoms with van der Waals surface area (Å²) in [5.41, 5.74) is 3.96. The van der Waals surface area contributed by atoms with Crippen LogP contribution < -0.4 is 5.48 Å². The van der Waals surface area contributed by atoms with Gasteiger partial charge < -0.3 is 0 Å². The second-order valence-electron chi connectivity index (χ2n) is 7.06. The summed E-state index contributed by atoms with van der Waals surface area (Å²) in [6.07, 6.45) is 5.97. The molecule has 22 heavy (non-hydrogen) atoms. The molecule has 1 fully saturated rings. The maximum absolute atomic E-state index is 11.0. The number of benzene rings is 1. The van der Waals surface area contributed by atoms with Crippen LogP contribution in [0.15, 0.2) is 24.3 Å².